The van der Waals surface area contributed by atoms with Gasteiger partial charge >= 0.3 is 6.03 Å². The second-order valence-corrected chi connectivity index (χ2v) is 9.43. The summed E-state index contributed by atoms with van der Waals surface area (Å²) in [4.78, 5) is 23.9. The molecule has 0 saturated carbocycles. The molecule has 9 heteroatoms. The number of imidazole rings is 1. The summed E-state index contributed by atoms with van der Waals surface area (Å²) in [6.07, 6.45) is 6.57. The predicted octanol–water partition coefficient (Wildman–Crippen LogP) is 4.66. The molecule has 2 amide bonds. The van der Waals surface area contributed by atoms with E-state index in [4.69, 9.17) is 14.5 Å². The number of nitrogens with zero attached hydrogens (tertiary/aromatic N) is 4. The van der Waals surface area contributed by atoms with Crippen LogP contribution >= 0.6 is 0 Å². The highest BCUT2D eigenvalue weighted by Gasteiger charge is 2.15. The van der Waals surface area contributed by atoms with E-state index in [9.17, 15) is 4.79 Å². The van der Waals surface area contributed by atoms with E-state index in [-0.39, 0.29) is 6.03 Å². The molecule has 9 nitrogen and oxygen atoms in total. The first-order valence-corrected chi connectivity index (χ1v) is 13.2. The minimum Gasteiger partial charge on any atom is -0.497 e. The zero-order valence-electron chi connectivity index (χ0n) is 22.2. The quantitative estimate of drug-likeness (QED) is 0.312. The third-order valence-electron chi connectivity index (χ3n) is 6.70. The maximum Gasteiger partial charge on any atom is 0.319 e. The van der Waals surface area contributed by atoms with E-state index in [1.54, 1.807) is 19.5 Å². The molecule has 0 bridgehead atoms. The molecule has 0 spiro atoms. The molecule has 2 aromatic carbocycles. The molecule has 1 aliphatic rings. The van der Waals surface area contributed by atoms with Gasteiger partial charge in [-0.1, -0.05) is 30.3 Å². The minimum absolute atomic E-state index is 0.267. The van der Waals surface area contributed by atoms with E-state index < -0.39 is 0 Å². The lowest BCUT2D eigenvalue weighted by molar-refractivity contribution is 0.0369. The number of methoxy groups -OCH3 is 1. The van der Waals surface area contributed by atoms with Gasteiger partial charge in [-0.15, -0.1) is 0 Å². The molecule has 3 heterocycles. The zero-order valence-corrected chi connectivity index (χ0v) is 22.2. The second kappa shape index (κ2) is 13.0. The fourth-order valence-corrected chi connectivity index (χ4v) is 4.59. The maximum absolute atomic E-state index is 12.3. The van der Waals surface area contributed by atoms with Crippen LogP contribution in [0, 0.1) is 0 Å². The Morgan fingerprint density at radius 1 is 1.03 bits per heavy atom. The van der Waals surface area contributed by atoms with Crippen LogP contribution < -0.4 is 15.4 Å². The van der Waals surface area contributed by atoms with Crippen LogP contribution in [0.25, 0.3) is 22.6 Å². The summed E-state index contributed by atoms with van der Waals surface area (Å²) in [6, 6.07) is 19.2. The van der Waals surface area contributed by atoms with Crippen molar-refractivity contribution in [2.24, 2.45) is 0 Å². The highest BCUT2D eigenvalue weighted by Crippen LogP contribution is 2.28. The lowest BCUT2D eigenvalue weighted by atomic mass is 10.1. The van der Waals surface area contributed by atoms with Gasteiger partial charge in [0, 0.05) is 68.1 Å². The van der Waals surface area contributed by atoms with Crippen LogP contribution in [0.15, 0.2) is 79.3 Å². The van der Waals surface area contributed by atoms with Crippen molar-refractivity contribution in [2.45, 2.75) is 19.5 Å². The fraction of sp³-hybridized carbons (Fsp3) is 0.300. The summed E-state index contributed by atoms with van der Waals surface area (Å²) in [6.45, 7) is 5.88. The van der Waals surface area contributed by atoms with Gasteiger partial charge in [-0.2, -0.15) is 0 Å². The maximum atomic E-state index is 12.3. The van der Waals surface area contributed by atoms with Gasteiger partial charge < -0.3 is 24.7 Å². The monoisotopic (exact) mass is 526 g/mol. The van der Waals surface area contributed by atoms with E-state index in [1.165, 1.54) is 0 Å². The van der Waals surface area contributed by atoms with E-state index in [0.29, 0.717) is 12.2 Å². The number of hydrogen-bond donors (Lipinski definition) is 2. The normalized spacial score (nSPS) is 13.7. The Hall–Kier alpha value is -4.21. The first-order valence-electron chi connectivity index (χ1n) is 13.2. The molecule has 1 fully saturated rings. The number of carbonyl (C=O) groups excluding carboxylic acids is 1. The van der Waals surface area contributed by atoms with Crippen molar-refractivity contribution < 1.29 is 14.3 Å². The van der Waals surface area contributed by atoms with Crippen LogP contribution in [-0.4, -0.2) is 65.4 Å². The molecule has 0 aliphatic carbocycles. The Labute approximate surface area is 228 Å². The molecule has 0 atom stereocenters. The average Bonchev–Trinajstić information content (AvgIpc) is 3.42. The number of anilines is 1. The Balaban J connectivity index is 1.28. The van der Waals surface area contributed by atoms with Gasteiger partial charge in [0.1, 0.15) is 11.6 Å². The van der Waals surface area contributed by atoms with E-state index in [1.807, 2.05) is 54.6 Å². The number of ether oxygens (including phenoxy) is 2. The Kier molecular flexibility index (Phi) is 8.82. The van der Waals surface area contributed by atoms with Crippen molar-refractivity contribution in [2.75, 3.05) is 45.3 Å². The van der Waals surface area contributed by atoms with Crippen LogP contribution in [-0.2, 0) is 17.8 Å². The third kappa shape index (κ3) is 7.22. The molecule has 2 aromatic heterocycles. The molecule has 5 rings (SSSR count). The number of aryl methyl sites for hydroxylation is 1. The van der Waals surface area contributed by atoms with Crippen LogP contribution in [0.2, 0.25) is 0 Å². The van der Waals surface area contributed by atoms with E-state index >= 15 is 0 Å². The summed E-state index contributed by atoms with van der Waals surface area (Å²) in [5.41, 5.74) is 4.52. The van der Waals surface area contributed by atoms with Crippen LogP contribution in [0.1, 0.15) is 12.0 Å². The summed E-state index contributed by atoms with van der Waals surface area (Å²) >= 11 is 0. The van der Waals surface area contributed by atoms with Gasteiger partial charge in [0.05, 0.1) is 26.0 Å². The molecule has 2 N–H and O–H groups in total. The summed E-state index contributed by atoms with van der Waals surface area (Å²) in [5, 5.41) is 5.73. The summed E-state index contributed by atoms with van der Waals surface area (Å²) < 4.78 is 13.2. The summed E-state index contributed by atoms with van der Waals surface area (Å²) in [5.74, 6) is 1.71. The number of nitrogens with one attached hydrogen (secondary N) is 2. The van der Waals surface area contributed by atoms with Gasteiger partial charge in [-0.05, 0) is 42.3 Å². The van der Waals surface area contributed by atoms with Gasteiger partial charge in [0.25, 0.3) is 0 Å². The topological polar surface area (TPSA) is 93.5 Å². The Morgan fingerprint density at radius 3 is 2.64 bits per heavy atom. The zero-order chi connectivity index (χ0) is 26.9. The number of rotatable bonds is 10. The van der Waals surface area contributed by atoms with Crippen molar-refractivity contribution >= 4 is 11.7 Å². The standard InChI is InChI=1S/C30H34N6O3/c1-38-27-7-2-6-25(19-27)29-34-28(22-36(29)14-4-13-35-15-17-39-18-16-35)24-8-10-26(11-9-24)33-30(37)32-21-23-5-3-12-31-20-23/h2-3,5-12,19-20,22H,4,13-18,21H2,1H3,(H2,32,33,37). The van der Waals surface area contributed by atoms with E-state index in [2.05, 4.69) is 37.3 Å². The lowest BCUT2D eigenvalue weighted by Gasteiger charge is -2.26. The van der Waals surface area contributed by atoms with Crippen molar-refractivity contribution in [3.05, 3.63) is 84.8 Å². The first-order chi connectivity index (χ1) is 19.2. The Bertz CT molecular complexity index is 1350. The van der Waals surface area contributed by atoms with Crippen molar-refractivity contribution in [1.29, 1.82) is 0 Å². The molecular formula is C30H34N6O3. The number of carbonyl (C=O) groups is 1. The number of amides is 2. The first kappa shape index (κ1) is 26.4. The Morgan fingerprint density at radius 2 is 1.87 bits per heavy atom. The molecule has 0 radical (unpaired) electrons. The average molecular weight is 527 g/mol. The molecule has 4 aromatic rings. The molecule has 1 saturated heterocycles. The molecular weight excluding hydrogens is 492 g/mol. The summed E-state index contributed by atoms with van der Waals surface area (Å²) in [7, 11) is 1.67. The minimum atomic E-state index is -0.267. The van der Waals surface area contributed by atoms with Crippen LogP contribution in [0.4, 0.5) is 10.5 Å². The third-order valence-corrected chi connectivity index (χ3v) is 6.70. The van der Waals surface area contributed by atoms with Gasteiger partial charge in [0.2, 0.25) is 0 Å². The second-order valence-electron chi connectivity index (χ2n) is 9.43. The largest absolute Gasteiger partial charge is 0.497 e. The van der Waals surface area contributed by atoms with Crippen molar-refractivity contribution in [3.8, 4) is 28.4 Å². The number of urea groups is 1. The van der Waals surface area contributed by atoms with E-state index in [0.717, 1.165) is 79.8 Å². The van der Waals surface area contributed by atoms with Gasteiger partial charge in [0.15, 0.2) is 0 Å². The van der Waals surface area contributed by atoms with Gasteiger partial charge in [-0.25, -0.2) is 9.78 Å². The van der Waals surface area contributed by atoms with Crippen LogP contribution in [0.5, 0.6) is 5.75 Å². The SMILES string of the molecule is COc1cccc(-c2nc(-c3ccc(NC(=O)NCc4cccnc4)cc3)cn2CCCN2CCOCC2)c1. The highest BCUT2D eigenvalue weighted by atomic mass is 16.5. The highest BCUT2D eigenvalue weighted by molar-refractivity contribution is 5.89. The molecule has 0 unspecified atom stereocenters. The van der Waals surface area contributed by atoms with Crippen LogP contribution in [0.3, 0.4) is 0 Å². The lowest BCUT2D eigenvalue weighted by Crippen LogP contribution is -2.37. The number of pyridine rings is 1. The van der Waals surface area contributed by atoms with Crippen molar-refractivity contribution in [3.63, 3.8) is 0 Å². The molecule has 39 heavy (non-hydrogen) atoms. The number of morpholine rings is 1. The smallest absolute Gasteiger partial charge is 0.319 e. The molecule has 202 valence electrons. The molecule has 1 aliphatic heterocycles. The van der Waals surface area contributed by atoms with Crippen molar-refractivity contribution in [1.82, 2.24) is 24.8 Å². The number of benzene rings is 2. The predicted molar refractivity (Wildman–Crippen MR) is 152 cm³/mol. The van der Waals surface area contributed by atoms with Gasteiger partial charge in [-0.3, -0.25) is 9.88 Å². The number of hydrogen-bond acceptors (Lipinski definition) is 6. The number of aromatic nitrogens is 3. The fourth-order valence-electron chi connectivity index (χ4n) is 4.59.